The molecule has 8 heteroatoms. The van der Waals surface area contributed by atoms with E-state index in [0.29, 0.717) is 39.9 Å². The molecule has 0 saturated heterocycles. The SMILES string of the molecule is COc1ccc2c(c1OC)[C@@H]([C@H]1c3c(cc4c(c3OC)OCO4)CC[NH+]1C)OC2=O. The second-order valence-corrected chi connectivity index (χ2v) is 7.63. The van der Waals surface area contributed by atoms with E-state index < -0.39 is 6.10 Å². The molecule has 1 unspecified atom stereocenters. The second-order valence-electron chi connectivity index (χ2n) is 7.63. The van der Waals surface area contributed by atoms with E-state index in [4.69, 9.17) is 28.4 Å². The first-order valence-electron chi connectivity index (χ1n) is 9.86. The van der Waals surface area contributed by atoms with Crippen molar-refractivity contribution in [1.29, 1.82) is 0 Å². The maximum atomic E-state index is 12.7. The van der Waals surface area contributed by atoms with Crippen molar-refractivity contribution in [1.82, 2.24) is 0 Å². The van der Waals surface area contributed by atoms with Gasteiger partial charge in [-0.3, -0.25) is 0 Å². The van der Waals surface area contributed by atoms with Gasteiger partial charge in [-0.15, -0.1) is 0 Å². The van der Waals surface area contributed by atoms with Crippen LogP contribution in [-0.2, 0) is 11.2 Å². The van der Waals surface area contributed by atoms with E-state index in [1.807, 2.05) is 6.07 Å². The van der Waals surface area contributed by atoms with Gasteiger partial charge in [0.25, 0.3) is 0 Å². The summed E-state index contributed by atoms with van der Waals surface area (Å²) in [5, 5.41) is 0. The summed E-state index contributed by atoms with van der Waals surface area (Å²) in [6, 6.07) is 5.27. The summed E-state index contributed by atoms with van der Waals surface area (Å²) in [6.45, 7) is 1.03. The maximum absolute atomic E-state index is 12.7. The average molecular weight is 414 g/mol. The Morgan fingerprint density at radius 1 is 1.03 bits per heavy atom. The van der Waals surface area contributed by atoms with Gasteiger partial charge in [-0.1, -0.05) is 0 Å². The second kappa shape index (κ2) is 6.98. The predicted molar refractivity (Wildman–Crippen MR) is 105 cm³/mol. The Labute approximate surface area is 174 Å². The van der Waals surface area contributed by atoms with Crippen LogP contribution in [0.2, 0.25) is 0 Å². The molecule has 1 N–H and O–H groups in total. The lowest BCUT2D eigenvalue weighted by atomic mass is 9.85. The zero-order chi connectivity index (χ0) is 21.0. The molecule has 0 saturated carbocycles. The number of carbonyl (C=O) groups is 1. The number of rotatable bonds is 4. The average Bonchev–Trinajstić information content (AvgIpc) is 3.35. The summed E-state index contributed by atoms with van der Waals surface area (Å²) in [5.41, 5.74) is 3.29. The molecule has 3 aliphatic heterocycles. The molecule has 8 nitrogen and oxygen atoms in total. The molecule has 0 radical (unpaired) electrons. The first-order valence-corrected chi connectivity index (χ1v) is 9.86. The van der Waals surface area contributed by atoms with Gasteiger partial charge in [0.2, 0.25) is 12.5 Å². The van der Waals surface area contributed by atoms with Crippen molar-refractivity contribution in [3.8, 4) is 28.7 Å². The minimum atomic E-state index is -0.550. The smallest absolute Gasteiger partial charge is 0.339 e. The molecule has 5 rings (SSSR count). The molecule has 2 aromatic carbocycles. The van der Waals surface area contributed by atoms with Crippen LogP contribution < -0.4 is 28.6 Å². The van der Waals surface area contributed by atoms with Gasteiger partial charge < -0.3 is 33.3 Å². The topological polar surface area (TPSA) is 76.9 Å². The number of hydrogen-bond donors (Lipinski definition) is 1. The van der Waals surface area contributed by atoms with Crippen LogP contribution in [0.4, 0.5) is 0 Å². The normalized spacial score (nSPS) is 23.5. The van der Waals surface area contributed by atoms with Crippen LogP contribution in [0.15, 0.2) is 18.2 Å². The molecular weight excluding hydrogens is 390 g/mol. The fraction of sp³-hybridized carbons (Fsp3) is 0.409. The number of carbonyl (C=O) groups excluding carboxylic acids is 1. The highest BCUT2D eigenvalue weighted by Crippen LogP contribution is 2.53. The first kappa shape index (κ1) is 18.9. The Morgan fingerprint density at radius 2 is 1.83 bits per heavy atom. The van der Waals surface area contributed by atoms with Crippen LogP contribution in [0.25, 0.3) is 0 Å². The number of cyclic esters (lactones) is 1. The predicted octanol–water partition coefficient (Wildman–Crippen LogP) is 1.46. The molecule has 3 atom stereocenters. The molecule has 2 aromatic rings. The largest absolute Gasteiger partial charge is 0.493 e. The zero-order valence-corrected chi connectivity index (χ0v) is 17.4. The molecule has 3 aliphatic rings. The van der Waals surface area contributed by atoms with Crippen molar-refractivity contribution >= 4 is 5.97 Å². The summed E-state index contributed by atoms with van der Waals surface area (Å²) >= 11 is 0. The lowest BCUT2D eigenvalue weighted by molar-refractivity contribution is -0.919. The number of likely N-dealkylation sites (N-methyl/N-ethyl adjacent to an activating group) is 1. The minimum Gasteiger partial charge on any atom is -0.493 e. The van der Waals surface area contributed by atoms with Gasteiger partial charge in [-0.2, -0.15) is 0 Å². The fourth-order valence-electron chi connectivity index (χ4n) is 4.86. The van der Waals surface area contributed by atoms with E-state index >= 15 is 0 Å². The maximum Gasteiger partial charge on any atom is 0.339 e. The number of ether oxygens (including phenoxy) is 6. The van der Waals surface area contributed by atoms with Crippen molar-refractivity contribution in [3.05, 3.63) is 40.5 Å². The van der Waals surface area contributed by atoms with Gasteiger partial charge in [-0.05, 0) is 23.8 Å². The number of methoxy groups -OCH3 is 3. The monoisotopic (exact) mass is 414 g/mol. The van der Waals surface area contributed by atoms with Gasteiger partial charge in [0.05, 0.1) is 51.6 Å². The highest BCUT2D eigenvalue weighted by atomic mass is 16.7. The Bertz CT molecular complexity index is 1030. The van der Waals surface area contributed by atoms with Crippen molar-refractivity contribution in [2.45, 2.75) is 18.6 Å². The number of fused-ring (bicyclic) bond motifs is 3. The van der Waals surface area contributed by atoms with E-state index in [9.17, 15) is 4.79 Å². The molecular formula is C22H24NO7+. The molecule has 0 fully saturated rings. The number of hydrogen-bond acceptors (Lipinski definition) is 7. The lowest BCUT2D eigenvalue weighted by Crippen LogP contribution is -3.11. The number of esters is 1. The summed E-state index contributed by atoms with van der Waals surface area (Å²) in [6.07, 6.45) is 0.304. The third-order valence-corrected chi connectivity index (χ3v) is 6.20. The van der Waals surface area contributed by atoms with Crippen molar-refractivity contribution < 1.29 is 38.1 Å². The van der Waals surface area contributed by atoms with Gasteiger partial charge in [0.1, 0.15) is 0 Å². The van der Waals surface area contributed by atoms with Crippen LogP contribution in [0.3, 0.4) is 0 Å². The van der Waals surface area contributed by atoms with E-state index in [0.717, 1.165) is 24.1 Å². The Kier molecular flexibility index (Phi) is 4.39. The summed E-state index contributed by atoms with van der Waals surface area (Å²) in [5.74, 6) is 2.63. The molecule has 0 aliphatic carbocycles. The highest BCUT2D eigenvalue weighted by Gasteiger charge is 2.49. The number of benzene rings is 2. The van der Waals surface area contributed by atoms with Crippen LogP contribution >= 0.6 is 0 Å². The Hall–Kier alpha value is -3.13. The summed E-state index contributed by atoms with van der Waals surface area (Å²) in [7, 11) is 6.86. The quantitative estimate of drug-likeness (QED) is 0.759. The molecule has 3 heterocycles. The number of nitrogens with one attached hydrogen (secondary N) is 1. The number of quaternary nitrogens is 1. The molecule has 0 aromatic heterocycles. The van der Waals surface area contributed by atoms with E-state index in [-0.39, 0.29) is 18.8 Å². The fourth-order valence-corrected chi connectivity index (χ4v) is 4.86. The summed E-state index contributed by atoms with van der Waals surface area (Å²) < 4.78 is 34.2. The van der Waals surface area contributed by atoms with Gasteiger partial charge >= 0.3 is 5.97 Å². The van der Waals surface area contributed by atoms with Crippen LogP contribution in [0, 0.1) is 0 Å². The van der Waals surface area contributed by atoms with Crippen molar-refractivity contribution in [2.75, 3.05) is 41.7 Å². The third-order valence-electron chi connectivity index (χ3n) is 6.20. The van der Waals surface area contributed by atoms with E-state index in [2.05, 4.69) is 7.05 Å². The molecule has 0 spiro atoms. The van der Waals surface area contributed by atoms with Gasteiger partial charge in [0, 0.05) is 6.42 Å². The van der Waals surface area contributed by atoms with Crippen molar-refractivity contribution in [2.24, 2.45) is 0 Å². The zero-order valence-electron chi connectivity index (χ0n) is 17.4. The van der Waals surface area contributed by atoms with E-state index in [1.165, 1.54) is 4.90 Å². The highest BCUT2D eigenvalue weighted by molar-refractivity contribution is 5.95. The molecule has 158 valence electrons. The molecule has 0 amide bonds. The Balaban J connectivity index is 1.72. The van der Waals surface area contributed by atoms with Crippen LogP contribution in [-0.4, -0.2) is 47.7 Å². The minimum absolute atomic E-state index is 0.161. The summed E-state index contributed by atoms with van der Waals surface area (Å²) in [4.78, 5) is 13.9. The standard InChI is InChI=1S/C22H23NO7/c1-23-8-7-11-9-14-19(29-10-28-14)21(27-4)15(11)17(23)20-16-12(22(24)30-20)5-6-13(25-2)18(16)26-3/h5-6,9,17,20H,7-8,10H2,1-4H3/p+1/t17-,20+/m1/s1. The van der Waals surface area contributed by atoms with Crippen LogP contribution in [0.5, 0.6) is 28.7 Å². The third kappa shape index (κ3) is 2.53. The Morgan fingerprint density at radius 3 is 2.57 bits per heavy atom. The molecule has 0 bridgehead atoms. The van der Waals surface area contributed by atoms with Crippen LogP contribution in [0.1, 0.15) is 39.2 Å². The first-order chi connectivity index (χ1) is 14.6. The van der Waals surface area contributed by atoms with Gasteiger partial charge in [0.15, 0.2) is 35.1 Å². The lowest BCUT2D eigenvalue weighted by Gasteiger charge is -2.35. The molecule has 30 heavy (non-hydrogen) atoms. The van der Waals surface area contributed by atoms with Crippen molar-refractivity contribution in [3.63, 3.8) is 0 Å². The van der Waals surface area contributed by atoms with E-state index in [1.54, 1.807) is 33.5 Å². The van der Waals surface area contributed by atoms with Gasteiger partial charge in [-0.25, -0.2) is 4.79 Å².